The van der Waals surface area contributed by atoms with E-state index < -0.39 is 111 Å². The van der Waals surface area contributed by atoms with E-state index >= 15 is 0 Å². The molecule has 0 radical (unpaired) electrons. The molecule has 1 amide bonds. The first-order valence-corrected chi connectivity index (χ1v) is 11.4. The third kappa shape index (κ3) is 7.06. The van der Waals surface area contributed by atoms with Gasteiger partial charge in [-0.3, -0.25) is 4.79 Å². The molecule has 0 aromatic rings. The lowest BCUT2D eigenvalue weighted by Gasteiger charge is -2.45. The molecule has 0 bridgehead atoms. The van der Waals surface area contributed by atoms with E-state index in [0.29, 0.717) is 0 Å². The van der Waals surface area contributed by atoms with Crippen LogP contribution >= 0.6 is 0 Å². The summed E-state index contributed by atoms with van der Waals surface area (Å²) in [5.74, 6) is -0.665. The molecule has 16 heteroatoms. The number of carbonyl (C=O) groups excluding carboxylic acids is 1. The zero-order valence-corrected chi connectivity index (χ0v) is 19.7. The van der Waals surface area contributed by atoms with Crippen LogP contribution in [0.2, 0.25) is 0 Å². The minimum Gasteiger partial charge on any atom is -0.394 e. The van der Waals surface area contributed by atoms with Crippen molar-refractivity contribution in [3.05, 3.63) is 0 Å². The number of aliphatic hydroxyl groups is 10. The first-order valence-electron chi connectivity index (χ1n) is 11.4. The number of hydrogen-bond acceptors (Lipinski definition) is 15. The Labute approximate surface area is 206 Å². The molecule has 0 unspecified atom stereocenters. The van der Waals surface area contributed by atoms with Gasteiger partial charge < -0.3 is 75.3 Å². The van der Waals surface area contributed by atoms with E-state index in [-0.39, 0.29) is 0 Å². The van der Waals surface area contributed by atoms with Crippen molar-refractivity contribution in [2.45, 2.75) is 99.6 Å². The van der Waals surface area contributed by atoms with Gasteiger partial charge in [0.05, 0.1) is 32.0 Å². The summed E-state index contributed by atoms with van der Waals surface area (Å²) in [6.07, 6.45) is -21.8. The number of amides is 1. The summed E-state index contributed by atoms with van der Waals surface area (Å²) in [6.45, 7) is -0.132. The van der Waals surface area contributed by atoms with Crippen molar-refractivity contribution >= 4 is 5.91 Å². The second-order valence-corrected chi connectivity index (χ2v) is 8.82. The van der Waals surface area contributed by atoms with Gasteiger partial charge in [0.25, 0.3) is 0 Å². The molecule has 0 aliphatic carbocycles. The van der Waals surface area contributed by atoms with E-state index in [9.17, 15) is 55.9 Å². The van der Waals surface area contributed by atoms with Crippen LogP contribution in [0.3, 0.4) is 0 Å². The first kappa shape index (κ1) is 31.1. The Bertz CT molecular complexity index is 685. The quantitative estimate of drug-likeness (QED) is 0.118. The largest absolute Gasteiger partial charge is 0.394 e. The van der Waals surface area contributed by atoms with Crippen LogP contribution in [0.1, 0.15) is 13.8 Å². The Morgan fingerprint density at radius 2 is 1.33 bits per heavy atom. The molecule has 2 rings (SSSR count). The lowest BCUT2D eigenvalue weighted by Crippen LogP contribution is -2.64. The normalized spacial score (nSPS) is 40.8. The molecule has 2 aliphatic rings. The highest BCUT2D eigenvalue weighted by Crippen LogP contribution is 2.29. The summed E-state index contributed by atoms with van der Waals surface area (Å²) >= 11 is 0. The van der Waals surface area contributed by atoms with Gasteiger partial charge in [0.2, 0.25) is 5.91 Å². The maximum absolute atomic E-state index is 11.7. The lowest BCUT2D eigenvalue weighted by atomic mass is 9.97. The highest BCUT2D eigenvalue weighted by atomic mass is 16.7. The third-order valence-corrected chi connectivity index (χ3v) is 6.11. The van der Waals surface area contributed by atoms with Gasteiger partial charge in [-0.15, -0.1) is 0 Å². The molecular formula is C20H37NO15. The molecule has 0 saturated carbocycles. The maximum atomic E-state index is 11.7. The van der Waals surface area contributed by atoms with Crippen molar-refractivity contribution in [1.29, 1.82) is 0 Å². The van der Waals surface area contributed by atoms with Crippen LogP contribution in [0.25, 0.3) is 0 Å². The Hall–Kier alpha value is -1.09. The summed E-state index contributed by atoms with van der Waals surface area (Å²) in [5, 5.41) is 103. The molecule has 2 saturated heterocycles. The summed E-state index contributed by atoms with van der Waals surface area (Å²) in [7, 11) is 0. The summed E-state index contributed by atoms with van der Waals surface area (Å²) in [6, 6.07) is -1.39. The summed E-state index contributed by atoms with van der Waals surface area (Å²) in [5.41, 5.74) is 0. The molecule has 212 valence electrons. The highest BCUT2D eigenvalue weighted by molar-refractivity contribution is 5.73. The van der Waals surface area contributed by atoms with Crippen LogP contribution in [0.4, 0.5) is 0 Å². The van der Waals surface area contributed by atoms with Gasteiger partial charge >= 0.3 is 0 Å². The van der Waals surface area contributed by atoms with Crippen LogP contribution in [0, 0.1) is 0 Å². The highest BCUT2D eigenvalue weighted by Gasteiger charge is 2.50. The number of hydrogen-bond donors (Lipinski definition) is 11. The summed E-state index contributed by atoms with van der Waals surface area (Å²) < 4.78 is 21.9. The predicted octanol–water partition coefficient (Wildman–Crippen LogP) is -6.77. The standard InChI is InChI=1S/C20H37NO15/c1-6-11(27)13(29)15(31)19(33-6)35-17(8(3-22)21-7(2)25)18(9(26)4-23)36-20-16(32)14(30)12(28)10(5-24)34-20/h6,8-20,22-24,26-32H,3-5H2,1-2H3,(H,21,25)/t6-,8-,9+,10+,11+,12-,13+,14-,15-,16+,17+,18+,19-,20-/m0/s1. The number of ether oxygens (including phenoxy) is 4. The fourth-order valence-electron chi connectivity index (χ4n) is 4.00. The summed E-state index contributed by atoms with van der Waals surface area (Å²) in [4.78, 5) is 11.7. The van der Waals surface area contributed by atoms with E-state index in [2.05, 4.69) is 5.32 Å². The van der Waals surface area contributed by atoms with Crippen LogP contribution in [0.15, 0.2) is 0 Å². The van der Waals surface area contributed by atoms with Crippen molar-refractivity contribution in [2.24, 2.45) is 0 Å². The van der Waals surface area contributed by atoms with Crippen molar-refractivity contribution in [2.75, 3.05) is 19.8 Å². The maximum Gasteiger partial charge on any atom is 0.217 e. The van der Waals surface area contributed by atoms with Gasteiger partial charge in [-0.2, -0.15) is 0 Å². The monoisotopic (exact) mass is 531 g/mol. The fourth-order valence-corrected chi connectivity index (χ4v) is 4.00. The SMILES string of the molecule is CC(=O)N[C@@H](CO)[C@@H](O[C@@H]1O[C@@H](C)[C@@H](O)[C@@H](O)[C@@H]1O)[C@H](O[C@@H]1O[C@H](CO)[C@H](O)[C@H](O)[C@H]1O)[C@H](O)CO. The van der Waals surface area contributed by atoms with Crippen LogP contribution < -0.4 is 5.32 Å². The van der Waals surface area contributed by atoms with Crippen LogP contribution in [-0.4, -0.2) is 163 Å². The smallest absolute Gasteiger partial charge is 0.217 e. The second kappa shape index (κ2) is 13.6. The molecule has 0 aromatic heterocycles. The number of nitrogens with one attached hydrogen (secondary N) is 1. The minimum atomic E-state index is -1.92. The van der Waals surface area contributed by atoms with E-state index in [4.69, 9.17) is 18.9 Å². The van der Waals surface area contributed by atoms with Crippen molar-refractivity contribution in [1.82, 2.24) is 5.32 Å². The first-order chi connectivity index (χ1) is 16.9. The zero-order valence-electron chi connectivity index (χ0n) is 19.7. The van der Waals surface area contributed by atoms with Gasteiger partial charge in [0, 0.05) is 6.92 Å². The Balaban J connectivity index is 2.41. The fraction of sp³-hybridized carbons (Fsp3) is 0.950. The molecule has 36 heavy (non-hydrogen) atoms. The Morgan fingerprint density at radius 1 is 0.806 bits per heavy atom. The number of carbonyl (C=O) groups is 1. The average molecular weight is 532 g/mol. The minimum absolute atomic E-state index is 0.665. The molecular weight excluding hydrogens is 494 g/mol. The van der Waals surface area contributed by atoms with Gasteiger partial charge in [-0.25, -0.2) is 0 Å². The van der Waals surface area contributed by atoms with Crippen molar-refractivity contribution < 1.29 is 74.8 Å². The molecule has 2 heterocycles. The Kier molecular flexibility index (Phi) is 11.8. The lowest BCUT2D eigenvalue weighted by molar-refractivity contribution is -0.347. The van der Waals surface area contributed by atoms with Gasteiger partial charge in [-0.05, 0) is 6.92 Å². The van der Waals surface area contributed by atoms with E-state index in [0.717, 1.165) is 6.92 Å². The molecule has 0 aromatic carbocycles. The van der Waals surface area contributed by atoms with Gasteiger partial charge in [0.15, 0.2) is 12.6 Å². The molecule has 11 N–H and O–H groups in total. The molecule has 0 spiro atoms. The van der Waals surface area contributed by atoms with Crippen molar-refractivity contribution in [3.8, 4) is 0 Å². The molecule has 14 atom stereocenters. The van der Waals surface area contributed by atoms with E-state index in [1.807, 2.05) is 0 Å². The van der Waals surface area contributed by atoms with E-state index in [1.165, 1.54) is 6.92 Å². The number of rotatable bonds is 11. The Morgan fingerprint density at radius 3 is 1.83 bits per heavy atom. The van der Waals surface area contributed by atoms with Gasteiger partial charge in [-0.1, -0.05) is 0 Å². The number of aliphatic hydroxyl groups excluding tert-OH is 10. The molecule has 16 nitrogen and oxygen atoms in total. The van der Waals surface area contributed by atoms with Gasteiger partial charge in [0.1, 0.15) is 61.0 Å². The predicted molar refractivity (Wildman–Crippen MR) is 114 cm³/mol. The average Bonchev–Trinajstić information content (AvgIpc) is 2.85. The zero-order chi connectivity index (χ0) is 27.3. The topological polar surface area (TPSA) is 268 Å². The van der Waals surface area contributed by atoms with Crippen molar-refractivity contribution in [3.63, 3.8) is 0 Å². The molecule has 2 aliphatic heterocycles. The third-order valence-electron chi connectivity index (χ3n) is 6.11. The second-order valence-electron chi connectivity index (χ2n) is 8.82. The molecule has 2 fully saturated rings. The van der Waals surface area contributed by atoms with E-state index in [1.54, 1.807) is 0 Å². The van der Waals surface area contributed by atoms with Crippen LogP contribution in [0.5, 0.6) is 0 Å². The van der Waals surface area contributed by atoms with Crippen LogP contribution in [-0.2, 0) is 23.7 Å².